The Morgan fingerprint density at radius 1 is 0.400 bits per heavy atom. The maximum atomic E-state index is 12.6. The van der Waals surface area contributed by atoms with Crippen LogP contribution >= 0.6 is 0 Å². The second kappa shape index (κ2) is 43.1. The Hall–Kier alpha value is -3.50. The third kappa shape index (κ3) is 37.3. The summed E-state index contributed by atoms with van der Waals surface area (Å²) in [5.74, 6) is -0.680. The number of carbonyl (C=O) groups excluding carboxylic acids is 6. The SMILES string of the molecule is COCCN(CCCNC(=O)[C@@H](N)CCCCNC(=O)CCCCCNC(=O)[C@@H](N)CCCCN)CCCNC(=O)[C@@H](N)CCCCNC(=O)CCCCCNC(=O)[C@@H](N)CCCCN. The normalized spacial score (nSPS) is 13.1. The third-order valence-corrected chi connectivity index (χ3v) is 11.1. The van der Waals surface area contributed by atoms with Crippen molar-refractivity contribution < 1.29 is 33.5 Å². The Kier molecular flexibility index (Phi) is 40.8. The number of nitrogens with zero attached hydrogens (tertiary/aromatic N) is 1. The van der Waals surface area contributed by atoms with Gasteiger partial charge in [0, 0.05) is 65.8 Å². The lowest BCUT2D eigenvalue weighted by atomic mass is 10.1. The Morgan fingerprint density at radius 3 is 1.05 bits per heavy atom. The Morgan fingerprint density at radius 2 is 0.708 bits per heavy atom. The van der Waals surface area contributed by atoms with Crippen molar-refractivity contribution in [3.8, 4) is 0 Å². The molecule has 0 radical (unpaired) electrons. The molecule has 0 rings (SSSR count). The molecule has 18 N–H and O–H groups in total. The van der Waals surface area contributed by atoms with Gasteiger partial charge >= 0.3 is 0 Å². The van der Waals surface area contributed by atoms with Gasteiger partial charge < -0.3 is 75.9 Å². The summed E-state index contributed by atoms with van der Waals surface area (Å²) >= 11 is 0. The molecule has 0 unspecified atom stereocenters. The van der Waals surface area contributed by atoms with Crippen LogP contribution in [0.4, 0.5) is 0 Å². The molecule has 0 saturated carbocycles. The highest BCUT2D eigenvalue weighted by Gasteiger charge is 2.16. The van der Waals surface area contributed by atoms with Crippen LogP contribution in [0.2, 0.25) is 0 Å². The van der Waals surface area contributed by atoms with E-state index >= 15 is 0 Å². The quantitative estimate of drug-likeness (QED) is 0.0341. The third-order valence-electron chi connectivity index (χ3n) is 11.1. The molecule has 380 valence electrons. The minimum Gasteiger partial charge on any atom is -0.383 e. The largest absolute Gasteiger partial charge is 0.383 e. The van der Waals surface area contributed by atoms with Crippen molar-refractivity contribution in [2.45, 2.75) is 165 Å². The number of carbonyl (C=O) groups is 6. The highest BCUT2D eigenvalue weighted by atomic mass is 16.5. The highest BCUT2D eigenvalue weighted by Crippen LogP contribution is 2.05. The van der Waals surface area contributed by atoms with E-state index in [9.17, 15) is 28.8 Å². The van der Waals surface area contributed by atoms with Crippen LogP contribution < -0.4 is 66.3 Å². The van der Waals surface area contributed by atoms with Crippen molar-refractivity contribution in [3.05, 3.63) is 0 Å². The van der Waals surface area contributed by atoms with E-state index < -0.39 is 24.2 Å². The Labute approximate surface area is 390 Å². The predicted molar refractivity (Wildman–Crippen MR) is 258 cm³/mol. The van der Waals surface area contributed by atoms with Gasteiger partial charge in [0.05, 0.1) is 30.8 Å². The van der Waals surface area contributed by atoms with Gasteiger partial charge in [0.1, 0.15) is 0 Å². The molecule has 0 aromatic heterocycles. The van der Waals surface area contributed by atoms with E-state index in [1.807, 2.05) is 0 Å². The number of hydrogen-bond donors (Lipinski definition) is 12. The number of nitrogens with one attached hydrogen (secondary N) is 6. The zero-order valence-electron chi connectivity index (χ0n) is 40.1. The number of methoxy groups -OCH3 is 1. The van der Waals surface area contributed by atoms with Crippen molar-refractivity contribution in [1.29, 1.82) is 0 Å². The van der Waals surface area contributed by atoms with Gasteiger partial charge in [-0.15, -0.1) is 0 Å². The van der Waals surface area contributed by atoms with Gasteiger partial charge in [-0.25, -0.2) is 0 Å². The van der Waals surface area contributed by atoms with Gasteiger partial charge in [0.15, 0.2) is 0 Å². The van der Waals surface area contributed by atoms with Crippen molar-refractivity contribution >= 4 is 35.4 Å². The number of amides is 6. The number of ether oxygens (including phenoxy) is 1. The van der Waals surface area contributed by atoms with Gasteiger partial charge in [-0.1, -0.05) is 25.7 Å². The zero-order chi connectivity index (χ0) is 48.3. The summed E-state index contributed by atoms with van der Waals surface area (Å²) in [6, 6.07) is -2.24. The highest BCUT2D eigenvalue weighted by molar-refractivity contribution is 5.82. The molecular weight excluding hydrogens is 835 g/mol. The maximum absolute atomic E-state index is 12.6. The van der Waals surface area contributed by atoms with Crippen LogP contribution in [0, 0.1) is 0 Å². The second-order valence-corrected chi connectivity index (χ2v) is 17.0. The molecule has 20 heteroatoms. The fourth-order valence-corrected chi connectivity index (χ4v) is 6.86. The minimum atomic E-state index is -0.616. The van der Waals surface area contributed by atoms with Gasteiger partial charge in [-0.05, 0) is 129 Å². The van der Waals surface area contributed by atoms with Gasteiger partial charge in [-0.3, -0.25) is 28.8 Å². The number of unbranched alkanes of at least 4 members (excludes halogenated alkanes) is 8. The first-order valence-corrected chi connectivity index (χ1v) is 24.6. The van der Waals surface area contributed by atoms with E-state index in [-0.39, 0.29) is 35.4 Å². The van der Waals surface area contributed by atoms with Crippen LogP contribution in [-0.4, -0.2) is 150 Å². The smallest absolute Gasteiger partial charge is 0.236 e. The van der Waals surface area contributed by atoms with E-state index in [1.165, 1.54) is 0 Å². The number of rotatable bonds is 45. The van der Waals surface area contributed by atoms with Crippen LogP contribution in [0.1, 0.15) is 141 Å². The van der Waals surface area contributed by atoms with Crippen LogP contribution in [-0.2, 0) is 33.5 Å². The molecule has 20 nitrogen and oxygen atoms in total. The fraction of sp³-hybridized carbons (Fsp3) is 0.867. The second-order valence-electron chi connectivity index (χ2n) is 17.0. The lowest BCUT2D eigenvalue weighted by molar-refractivity contribution is -0.123. The van der Waals surface area contributed by atoms with E-state index in [0.29, 0.717) is 97.5 Å². The number of hydrogen-bond acceptors (Lipinski definition) is 14. The predicted octanol–water partition coefficient (Wildman–Crippen LogP) is -0.559. The molecule has 0 spiro atoms. The lowest BCUT2D eigenvalue weighted by Crippen LogP contribution is -2.42. The monoisotopic (exact) mass is 928 g/mol. The molecule has 0 saturated heterocycles. The molecule has 0 heterocycles. The van der Waals surface area contributed by atoms with E-state index in [4.69, 9.17) is 39.1 Å². The summed E-state index contributed by atoms with van der Waals surface area (Å²) in [5, 5.41) is 17.4. The summed E-state index contributed by atoms with van der Waals surface area (Å²) in [7, 11) is 1.65. The molecular formula is C45H93N13O7. The average molecular weight is 928 g/mol. The first-order valence-electron chi connectivity index (χ1n) is 24.6. The molecule has 0 fully saturated rings. The molecule has 0 bridgehead atoms. The lowest BCUT2D eigenvalue weighted by Gasteiger charge is -2.22. The van der Waals surface area contributed by atoms with Crippen LogP contribution in [0.3, 0.4) is 0 Å². The molecule has 0 aliphatic rings. The van der Waals surface area contributed by atoms with Crippen molar-refractivity contribution in [3.63, 3.8) is 0 Å². The fourth-order valence-electron chi connectivity index (χ4n) is 6.86. The van der Waals surface area contributed by atoms with E-state index in [2.05, 4.69) is 36.8 Å². The van der Waals surface area contributed by atoms with Crippen LogP contribution in [0.15, 0.2) is 0 Å². The molecule has 0 aromatic rings. The topological polar surface area (TPSA) is 343 Å². The summed E-state index contributed by atoms with van der Waals surface area (Å²) in [6.45, 7) is 7.11. The summed E-state index contributed by atoms with van der Waals surface area (Å²) in [6.07, 6.45) is 15.6. The van der Waals surface area contributed by atoms with E-state index in [0.717, 1.165) is 122 Å². The van der Waals surface area contributed by atoms with Crippen molar-refractivity contribution in [1.82, 2.24) is 36.8 Å². The minimum absolute atomic E-state index is 0.00764. The van der Waals surface area contributed by atoms with Gasteiger partial charge in [-0.2, -0.15) is 0 Å². The molecule has 6 amide bonds. The number of nitrogens with two attached hydrogens (primary N) is 6. The zero-order valence-corrected chi connectivity index (χ0v) is 40.1. The first kappa shape index (κ1) is 61.5. The van der Waals surface area contributed by atoms with Gasteiger partial charge in [0.25, 0.3) is 0 Å². The molecule has 65 heavy (non-hydrogen) atoms. The standard InChI is InChI=1S/C45H93N13O7/c1-65-35-34-58(32-16-30-56-44(63)38(50)20-8-14-26-52-40(59)22-4-2-12-28-54-42(61)36(48)18-6-10-24-46)33-17-31-57-45(64)39(51)21-9-15-27-53-41(60)23-5-3-13-29-55-43(62)37(49)19-7-11-25-47/h36-39H,2-35,46-51H2,1H3,(H,52,59)(H,53,60)(H,54,61)(H,55,62)(H,56,63)(H,57,64)/t36-,37-,38-,39-/m0/s1. The maximum Gasteiger partial charge on any atom is 0.236 e. The van der Waals surface area contributed by atoms with Gasteiger partial charge in [0.2, 0.25) is 35.4 Å². The molecule has 4 atom stereocenters. The van der Waals surface area contributed by atoms with E-state index in [1.54, 1.807) is 7.11 Å². The van der Waals surface area contributed by atoms with Crippen molar-refractivity contribution in [2.24, 2.45) is 34.4 Å². The average Bonchev–Trinajstić information content (AvgIpc) is 3.29. The molecule has 0 aromatic carbocycles. The summed E-state index contributed by atoms with van der Waals surface area (Å²) < 4.78 is 5.27. The first-order chi connectivity index (χ1) is 31.4. The Balaban J connectivity index is 3.98. The summed E-state index contributed by atoms with van der Waals surface area (Å²) in [4.78, 5) is 75.7. The molecule has 0 aliphatic carbocycles. The van der Waals surface area contributed by atoms with Crippen molar-refractivity contribution in [2.75, 3.05) is 85.7 Å². The molecule has 0 aliphatic heterocycles. The Bertz CT molecular complexity index is 1160. The van der Waals surface area contributed by atoms with Crippen LogP contribution in [0.5, 0.6) is 0 Å². The van der Waals surface area contributed by atoms with Crippen LogP contribution in [0.25, 0.3) is 0 Å². The summed E-state index contributed by atoms with van der Waals surface area (Å²) in [5.41, 5.74) is 35.0.